The lowest BCUT2D eigenvalue weighted by molar-refractivity contribution is -0.123. The lowest BCUT2D eigenvalue weighted by Gasteiger charge is -2.22. The summed E-state index contributed by atoms with van der Waals surface area (Å²) in [4.78, 5) is 43.3. The van der Waals surface area contributed by atoms with E-state index in [1.807, 2.05) is 18.2 Å². The second-order valence-corrected chi connectivity index (χ2v) is 9.73. The van der Waals surface area contributed by atoms with Crippen molar-refractivity contribution in [3.05, 3.63) is 82.1 Å². The van der Waals surface area contributed by atoms with E-state index in [9.17, 15) is 14.4 Å². The molecular formula is C27H24N2O6S. The van der Waals surface area contributed by atoms with E-state index < -0.39 is 23.9 Å². The molecule has 0 bridgehead atoms. The van der Waals surface area contributed by atoms with Crippen molar-refractivity contribution in [2.75, 3.05) is 12.4 Å². The number of esters is 2. The second kappa shape index (κ2) is 9.94. The number of carbonyl (C=O) groups excluding carboxylic acids is 3. The largest absolute Gasteiger partial charge is 0.465 e. The van der Waals surface area contributed by atoms with Crippen molar-refractivity contribution >= 4 is 45.3 Å². The number of oxazole rings is 1. The summed E-state index contributed by atoms with van der Waals surface area (Å²) in [6, 6.07) is 15.0. The maximum Gasteiger partial charge on any atom is 0.341 e. The molecule has 5 rings (SSSR count). The summed E-state index contributed by atoms with van der Waals surface area (Å²) < 4.78 is 15.6. The number of fused-ring (bicyclic) bond motifs is 2. The Morgan fingerprint density at radius 1 is 1.14 bits per heavy atom. The normalized spacial score (nSPS) is 15.7. The van der Waals surface area contributed by atoms with Gasteiger partial charge < -0.3 is 19.2 Å². The summed E-state index contributed by atoms with van der Waals surface area (Å²) in [5.74, 6) is -1.35. The van der Waals surface area contributed by atoms with E-state index >= 15 is 0 Å². The molecule has 8 nitrogen and oxygen atoms in total. The lowest BCUT2D eigenvalue weighted by Crippen LogP contribution is -2.30. The molecule has 1 N–H and O–H groups in total. The first-order chi connectivity index (χ1) is 17.4. The van der Waals surface area contributed by atoms with Gasteiger partial charge in [0.2, 0.25) is 0 Å². The van der Waals surface area contributed by atoms with Crippen molar-refractivity contribution in [1.29, 1.82) is 0 Å². The number of hydrogen-bond acceptors (Lipinski definition) is 8. The molecule has 2 aromatic heterocycles. The highest BCUT2D eigenvalue weighted by molar-refractivity contribution is 7.17. The number of amides is 1. The highest BCUT2D eigenvalue weighted by atomic mass is 32.1. The maximum absolute atomic E-state index is 13.0. The molecule has 0 fully saturated rings. The van der Waals surface area contributed by atoms with E-state index in [4.69, 9.17) is 13.9 Å². The summed E-state index contributed by atoms with van der Waals surface area (Å²) >= 11 is 1.38. The summed E-state index contributed by atoms with van der Waals surface area (Å²) in [6.45, 7) is 1.48. The van der Waals surface area contributed by atoms with E-state index in [1.54, 1.807) is 12.1 Å². The van der Waals surface area contributed by atoms with Crippen molar-refractivity contribution < 1.29 is 28.3 Å². The molecule has 2 unspecified atom stereocenters. The molecule has 9 heteroatoms. The molecule has 0 radical (unpaired) electrons. The molecule has 1 amide bonds. The van der Waals surface area contributed by atoms with Gasteiger partial charge in [-0.25, -0.2) is 14.6 Å². The van der Waals surface area contributed by atoms with Crippen LogP contribution in [0.25, 0.3) is 11.1 Å². The number of hydrogen-bond donors (Lipinski definition) is 1. The number of anilines is 1. The number of carbonyl (C=O) groups is 3. The van der Waals surface area contributed by atoms with Crippen molar-refractivity contribution in [2.45, 2.75) is 38.2 Å². The smallest absolute Gasteiger partial charge is 0.341 e. The van der Waals surface area contributed by atoms with E-state index in [-0.39, 0.29) is 5.56 Å². The standard InChI is InChI=1S/C27H24N2O6S/c1-15(35-26(31)18-9-11-21-20(12-18)28-14-34-21)24(30)29-25-23(27(32)33-2)19-10-8-17(13-22(19)36-25)16-6-4-3-5-7-16/h3-7,9,11-12,14-15,17H,8,10,13H2,1-2H3,(H,29,30). The van der Waals surface area contributed by atoms with E-state index in [2.05, 4.69) is 22.4 Å². The molecule has 0 aliphatic heterocycles. The van der Waals surface area contributed by atoms with E-state index in [1.165, 1.54) is 43.4 Å². The van der Waals surface area contributed by atoms with Crippen LogP contribution < -0.4 is 5.32 Å². The molecular weight excluding hydrogens is 480 g/mol. The van der Waals surface area contributed by atoms with Gasteiger partial charge in [-0.05, 0) is 61.4 Å². The van der Waals surface area contributed by atoms with Crippen LogP contribution in [0.15, 0.2) is 59.3 Å². The molecule has 2 heterocycles. The van der Waals surface area contributed by atoms with Gasteiger partial charge in [-0.2, -0.15) is 0 Å². The molecule has 4 aromatic rings. The highest BCUT2D eigenvalue weighted by Crippen LogP contribution is 2.42. The fraction of sp³-hybridized carbons (Fsp3) is 0.259. The molecule has 1 aliphatic rings. The summed E-state index contributed by atoms with van der Waals surface area (Å²) in [6.07, 6.45) is 2.58. The molecule has 0 spiro atoms. The molecule has 2 aromatic carbocycles. The fourth-order valence-electron chi connectivity index (χ4n) is 4.48. The van der Waals surface area contributed by atoms with Crippen molar-refractivity contribution in [2.24, 2.45) is 0 Å². The third-order valence-electron chi connectivity index (χ3n) is 6.38. The number of methoxy groups -OCH3 is 1. The Balaban J connectivity index is 1.32. The quantitative estimate of drug-likeness (QED) is 0.363. The third kappa shape index (κ3) is 4.61. The van der Waals surface area contributed by atoms with Crippen LogP contribution in [0.3, 0.4) is 0 Å². The lowest BCUT2D eigenvalue weighted by atomic mass is 9.83. The Morgan fingerprint density at radius 3 is 2.72 bits per heavy atom. The minimum Gasteiger partial charge on any atom is -0.465 e. The zero-order valence-corrected chi connectivity index (χ0v) is 20.6. The van der Waals surface area contributed by atoms with Crippen LogP contribution in [-0.2, 0) is 27.1 Å². The Morgan fingerprint density at radius 2 is 1.94 bits per heavy atom. The predicted octanol–water partition coefficient (Wildman–Crippen LogP) is 5.13. The van der Waals surface area contributed by atoms with Crippen LogP contribution in [0.5, 0.6) is 0 Å². The van der Waals surface area contributed by atoms with Crippen molar-refractivity contribution in [3.8, 4) is 0 Å². The van der Waals surface area contributed by atoms with Gasteiger partial charge in [0.25, 0.3) is 5.91 Å². The Hall–Kier alpha value is -3.98. The van der Waals surface area contributed by atoms with Crippen LogP contribution in [0, 0.1) is 0 Å². The van der Waals surface area contributed by atoms with Gasteiger partial charge in [0.05, 0.1) is 18.2 Å². The molecule has 0 saturated heterocycles. The van der Waals surface area contributed by atoms with Crippen LogP contribution in [0.4, 0.5) is 5.00 Å². The molecule has 0 saturated carbocycles. The van der Waals surface area contributed by atoms with Crippen LogP contribution >= 0.6 is 11.3 Å². The first kappa shape index (κ1) is 23.7. The number of benzene rings is 2. The predicted molar refractivity (Wildman–Crippen MR) is 134 cm³/mol. The summed E-state index contributed by atoms with van der Waals surface area (Å²) in [5.41, 5.74) is 3.87. The number of aromatic nitrogens is 1. The molecule has 36 heavy (non-hydrogen) atoms. The van der Waals surface area contributed by atoms with Gasteiger partial charge in [-0.1, -0.05) is 30.3 Å². The summed E-state index contributed by atoms with van der Waals surface area (Å²) in [5, 5.41) is 3.21. The fourth-order valence-corrected chi connectivity index (χ4v) is 5.80. The Kier molecular flexibility index (Phi) is 6.56. The van der Waals surface area contributed by atoms with Gasteiger partial charge >= 0.3 is 11.9 Å². The van der Waals surface area contributed by atoms with Gasteiger partial charge in [0.15, 0.2) is 18.1 Å². The zero-order valence-electron chi connectivity index (χ0n) is 19.8. The minimum absolute atomic E-state index is 0.254. The zero-order chi connectivity index (χ0) is 25.2. The first-order valence-corrected chi connectivity index (χ1v) is 12.4. The van der Waals surface area contributed by atoms with Gasteiger partial charge in [0, 0.05) is 4.88 Å². The monoisotopic (exact) mass is 504 g/mol. The average Bonchev–Trinajstić information content (AvgIpc) is 3.51. The van der Waals surface area contributed by atoms with E-state index in [0.29, 0.717) is 34.0 Å². The third-order valence-corrected chi connectivity index (χ3v) is 7.55. The highest BCUT2D eigenvalue weighted by Gasteiger charge is 2.31. The molecule has 1 aliphatic carbocycles. The van der Waals surface area contributed by atoms with Crippen molar-refractivity contribution in [3.63, 3.8) is 0 Å². The molecule has 184 valence electrons. The van der Waals surface area contributed by atoms with Gasteiger partial charge in [-0.15, -0.1) is 11.3 Å². The van der Waals surface area contributed by atoms with Crippen LogP contribution in [0.1, 0.15) is 56.0 Å². The van der Waals surface area contributed by atoms with Crippen LogP contribution in [-0.4, -0.2) is 36.0 Å². The van der Waals surface area contributed by atoms with Crippen LogP contribution in [0.2, 0.25) is 0 Å². The number of thiophene rings is 1. The average molecular weight is 505 g/mol. The number of nitrogens with one attached hydrogen (secondary N) is 1. The van der Waals surface area contributed by atoms with Crippen molar-refractivity contribution in [1.82, 2.24) is 4.98 Å². The van der Waals surface area contributed by atoms with E-state index in [0.717, 1.165) is 23.3 Å². The number of rotatable bonds is 6. The summed E-state index contributed by atoms with van der Waals surface area (Å²) in [7, 11) is 1.32. The molecule has 2 atom stereocenters. The Bertz CT molecular complexity index is 1440. The number of ether oxygens (including phenoxy) is 2. The maximum atomic E-state index is 13.0. The first-order valence-electron chi connectivity index (χ1n) is 11.6. The second-order valence-electron chi connectivity index (χ2n) is 8.62. The topological polar surface area (TPSA) is 108 Å². The number of nitrogens with zero attached hydrogens (tertiary/aromatic N) is 1. The Labute approximate surface area is 211 Å². The minimum atomic E-state index is -1.09. The van der Waals surface area contributed by atoms with Gasteiger partial charge in [-0.3, -0.25) is 4.79 Å². The SMILES string of the molecule is COC(=O)c1c(NC(=O)C(C)OC(=O)c2ccc3ocnc3c2)sc2c1CCC(c1ccccc1)C2. The van der Waals surface area contributed by atoms with Gasteiger partial charge in [0.1, 0.15) is 10.5 Å².